The summed E-state index contributed by atoms with van der Waals surface area (Å²) in [4.78, 5) is 31.2. The summed E-state index contributed by atoms with van der Waals surface area (Å²) >= 11 is 1.43. The van der Waals surface area contributed by atoms with Crippen LogP contribution in [0.5, 0.6) is 0 Å². The number of nitrogens with one attached hydrogen (secondary N) is 2. The van der Waals surface area contributed by atoms with Gasteiger partial charge in [0.1, 0.15) is 5.25 Å². The Morgan fingerprint density at radius 1 is 1.19 bits per heavy atom. The Labute approximate surface area is 194 Å². The van der Waals surface area contributed by atoms with Crippen molar-refractivity contribution in [2.45, 2.75) is 25.0 Å². The maximum Gasteiger partial charge on any atom is 0.242 e. The van der Waals surface area contributed by atoms with Gasteiger partial charge in [0.2, 0.25) is 11.8 Å². The van der Waals surface area contributed by atoms with Crippen LogP contribution < -0.4 is 10.6 Å². The third kappa shape index (κ3) is 6.73. The number of hydrogen-bond acceptors (Lipinski definition) is 7. The van der Waals surface area contributed by atoms with Crippen molar-refractivity contribution in [2.75, 3.05) is 63.5 Å². The van der Waals surface area contributed by atoms with Crippen LogP contribution in [0.25, 0.3) is 0 Å². The van der Waals surface area contributed by atoms with Gasteiger partial charge in [0.05, 0.1) is 11.1 Å². The van der Waals surface area contributed by atoms with Gasteiger partial charge in [-0.05, 0) is 37.7 Å². The largest absolute Gasteiger partial charge is 0.383 e. The maximum absolute atomic E-state index is 12.6. The molecule has 0 spiro atoms. The lowest BCUT2D eigenvalue weighted by Crippen LogP contribution is -2.45. The van der Waals surface area contributed by atoms with Crippen molar-refractivity contribution >= 4 is 35.0 Å². The van der Waals surface area contributed by atoms with E-state index in [-0.39, 0.29) is 17.1 Å². The molecule has 3 rings (SSSR count). The second kappa shape index (κ2) is 11.9. The van der Waals surface area contributed by atoms with E-state index >= 15 is 0 Å². The van der Waals surface area contributed by atoms with Gasteiger partial charge in [0.15, 0.2) is 0 Å². The number of piperazine rings is 1. The Balaban J connectivity index is 1.43. The molecule has 0 aliphatic carbocycles. The van der Waals surface area contributed by atoms with Crippen LogP contribution in [0, 0.1) is 11.3 Å². The first-order chi connectivity index (χ1) is 15.5. The molecule has 2 aliphatic heterocycles. The molecule has 1 unspecified atom stereocenters. The normalized spacial score (nSPS) is 21.0. The van der Waals surface area contributed by atoms with E-state index in [9.17, 15) is 9.59 Å². The van der Waals surface area contributed by atoms with Crippen LogP contribution in [0.15, 0.2) is 35.4 Å². The first-order valence-electron chi connectivity index (χ1n) is 11.1. The zero-order valence-electron chi connectivity index (χ0n) is 18.8. The second-order valence-electron chi connectivity index (χ2n) is 8.11. The standard InChI is InChI=1S/C23H32N6O2S/c1-3-11-29-22(8-10-24)32-20(23(29)31)17-25-18-4-6-19(7-5-18)26-21(30)9-12-28-15-13-27(2)14-16-28/h4-8,20,25H,3,9,11-17H2,1-2H3,(H,26,30)/b22-8+. The molecule has 0 saturated carbocycles. The summed E-state index contributed by atoms with van der Waals surface area (Å²) < 4.78 is 0. The minimum Gasteiger partial charge on any atom is -0.383 e. The molecule has 1 aromatic rings. The van der Waals surface area contributed by atoms with E-state index in [4.69, 9.17) is 5.26 Å². The summed E-state index contributed by atoms with van der Waals surface area (Å²) in [6, 6.07) is 9.56. The monoisotopic (exact) mass is 456 g/mol. The number of hydrogen-bond donors (Lipinski definition) is 2. The summed E-state index contributed by atoms with van der Waals surface area (Å²) in [5.74, 6) is 0.0560. The Kier molecular flexibility index (Phi) is 8.97. The molecule has 2 fully saturated rings. The lowest BCUT2D eigenvalue weighted by molar-refractivity contribution is -0.127. The zero-order valence-corrected chi connectivity index (χ0v) is 19.7. The number of carbonyl (C=O) groups excluding carboxylic acids is 2. The summed E-state index contributed by atoms with van der Waals surface area (Å²) in [5.41, 5.74) is 1.65. The van der Waals surface area contributed by atoms with Crippen molar-refractivity contribution in [1.29, 1.82) is 5.26 Å². The molecule has 2 amide bonds. The molecule has 0 aromatic heterocycles. The highest BCUT2D eigenvalue weighted by atomic mass is 32.2. The summed E-state index contributed by atoms with van der Waals surface area (Å²) in [5, 5.41) is 15.7. The molecule has 2 heterocycles. The number of anilines is 2. The summed E-state index contributed by atoms with van der Waals surface area (Å²) in [6.07, 6.45) is 2.77. The highest BCUT2D eigenvalue weighted by Crippen LogP contribution is 2.35. The molecule has 32 heavy (non-hydrogen) atoms. The highest BCUT2D eigenvalue weighted by Gasteiger charge is 2.35. The van der Waals surface area contributed by atoms with Crippen molar-refractivity contribution in [3.63, 3.8) is 0 Å². The number of likely N-dealkylation sites (N-methyl/N-ethyl adjacent to an activating group) is 1. The molecule has 1 atom stereocenters. The fourth-order valence-electron chi connectivity index (χ4n) is 3.72. The van der Waals surface area contributed by atoms with Crippen LogP contribution in [-0.2, 0) is 9.59 Å². The number of benzene rings is 1. The van der Waals surface area contributed by atoms with Crippen LogP contribution >= 0.6 is 11.8 Å². The Morgan fingerprint density at radius 2 is 1.88 bits per heavy atom. The van der Waals surface area contributed by atoms with E-state index < -0.39 is 0 Å². The smallest absolute Gasteiger partial charge is 0.242 e. The molecule has 9 heteroatoms. The van der Waals surface area contributed by atoms with E-state index in [1.165, 1.54) is 17.8 Å². The van der Waals surface area contributed by atoms with E-state index in [1.807, 2.05) is 37.3 Å². The number of carbonyl (C=O) groups is 2. The average molecular weight is 457 g/mol. The Morgan fingerprint density at radius 3 is 2.53 bits per heavy atom. The molecule has 172 valence electrons. The third-order valence-corrected chi connectivity index (χ3v) is 6.85. The van der Waals surface area contributed by atoms with Crippen molar-refractivity contribution < 1.29 is 9.59 Å². The number of thioether (sulfide) groups is 1. The van der Waals surface area contributed by atoms with Crippen LogP contribution in [0.3, 0.4) is 0 Å². The van der Waals surface area contributed by atoms with Crippen LogP contribution in [0.2, 0.25) is 0 Å². The molecule has 2 aliphatic rings. The molecule has 1 aromatic carbocycles. The maximum atomic E-state index is 12.6. The van der Waals surface area contributed by atoms with Gasteiger partial charge in [0, 0.05) is 69.7 Å². The van der Waals surface area contributed by atoms with Gasteiger partial charge < -0.3 is 25.3 Å². The van der Waals surface area contributed by atoms with Crippen molar-refractivity contribution in [3.05, 3.63) is 35.4 Å². The van der Waals surface area contributed by atoms with Gasteiger partial charge >= 0.3 is 0 Å². The van der Waals surface area contributed by atoms with Crippen molar-refractivity contribution in [2.24, 2.45) is 0 Å². The lowest BCUT2D eigenvalue weighted by Gasteiger charge is -2.32. The fraction of sp³-hybridized carbons (Fsp3) is 0.522. The zero-order chi connectivity index (χ0) is 22.9. The van der Waals surface area contributed by atoms with Gasteiger partial charge in [-0.15, -0.1) is 0 Å². The van der Waals surface area contributed by atoms with Gasteiger partial charge in [-0.2, -0.15) is 5.26 Å². The molecule has 2 N–H and O–H groups in total. The molecule has 0 bridgehead atoms. The second-order valence-corrected chi connectivity index (χ2v) is 9.33. The van der Waals surface area contributed by atoms with E-state index in [1.54, 1.807) is 4.90 Å². The molecule has 2 saturated heterocycles. The summed E-state index contributed by atoms with van der Waals surface area (Å²) in [7, 11) is 2.12. The molecule has 0 radical (unpaired) electrons. The van der Waals surface area contributed by atoms with Crippen LogP contribution in [0.4, 0.5) is 11.4 Å². The fourth-order valence-corrected chi connectivity index (χ4v) is 4.83. The number of allylic oxidation sites excluding steroid dienone is 1. The average Bonchev–Trinajstić information content (AvgIpc) is 3.08. The predicted molar refractivity (Wildman–Crippen MR) is 129 cm³/mol. The molecular weight excluding hydrogens is 424 g/mol. The van der Waals surface area contributed by atoms with Crippen molar-refractivity contribution in [1.82, 2.24) is 14.7 Å². The van der Waals surface area contributed by atoms with Gasteiger partial charge in [-0.3, -0.25) is 9.59 Å². The Hall–Kier alpha value is -2.54. The number of nitrogens with zero attached hydrogens (tertiary/aromatic N) is 4. The third-order valence-electron chi connectivity index (χ3n) is 5.62. The topological polar surface area (TPSA) is 91.7 Å². The van der Waals surface area contributed by atoms with Crippen molar-refractivity contribution in [3.8, 4) is 6.07 Å². The Bertz CT molecular complexity index is 858. The molecule has 8 nitrogen and oxygen atoms in total. The molecular formula is C23H32N6O2S. The quantitative estimate of drug-likeness (QED) is 0.551. The van der Waals surface area contributed by atoms with Crippen LogP contribution in [-0.4, -0.2) is 84.6 Å². The van der Waals surface area contributed by atoms with Gasteiger partial charge in [-0.25, -0.2) is 0 Å². The lowest BCUT2D eigenvalue weighted by atomic mass is 10.2. The SMILES string of the molecule is CCCN1C(=O)C(CNc2ccc(NC(=O)CCN3CCN(C)CC3)cc2)S/C1=C/C#N. The van der Waals surface area contributed by atoms with Crippen LogP contribution in [0.1, 0.15) is 19.8 Å². The van der Waals surface area contributed by atoms with E-state index in [0.717, 1.165) is 55.5 Å². The predicted octanol–water partition coefficient (Wildman–Crippen LogP) is 2.39. The van der Waals surface area contributed by atoms with Gasteiger partial charge in [0.25, 0.3) is 0 Å². The minimum atomic E-state index is -0.255. The number of amides is 2. The van der Waals surface area contributed by atoms with E-state index in [0.29, 0.717) is 19.5 Å². The van der Waals surface area contributed by atoms with E-state index in [2.05, 4.69) is 27.5 Å². The highest BCUT2D eigenvalue weighted by molar-refractivity contribution is 8.04. The summed E-state index contributed by atoms with van der Waals surface area (Å²) in [6.45, 7) is 8.01. The number of nitriles is 1. The first-order valence-corrected chi connectivity index (χ1v) is 12.0. The van der Waals surface area contributed by atoms with Gasteiger partial charge in [-0.1, -0.05) is 18.7 Å². The first kappa shape index (κ1) is 24.1. The number of rotatable bonds is 9. The minimum absolute atomic E-state index is 0.0189.